The summed E-state index contributed by atoms with van der Waals surface area (Å²) in [4.78, 5) is 26.0. The number of rotatable bonds is 1. The fourth-order valence-electron chi connectivity index (χ4n) is 0. The van der Waals surface area contributed by atoms with E-state index in [0.717, 1.165) is 13.8 Å². The molecular formula is C7H18N2O5. The number of carboxylic acids is 2. The first-order valence-electron chi connectivity index (χ1n) is 3.46. The van der Waals surface area contributed by atoms with Crippen LogP contribution in [0.4, 0.5) is 0 Å². The minimum atomic E-state index is -0.833. The summed E-state index contributed by atoms with van der Waals surface area (Å²) in [7, 11) is 0. The molecule has 7 nitrogen and oxygen atoms in total. The number of carbonyl (C=O) groups excluding carboxylic acids is 1. The van der Waals surface area contributed by atoms with Gasteiger partial charge in [-0.2, -0.15) is 0 Å². The second kappa shape index (κ2) is 30.0. The molecule has 0 saturated heterocycles. The zero-order valence-corrected chi connectivity index (χ0v) is 8.40. The van der Waals surface area contributed by atoms with Crippen LogP contribution in [-0.4, -0.2) is 42.0 Å². The van der Waals surface area contributed by atoms with E-state index in [1.807, 2.05) is 6.79 Å². The van der Waals surface area contributed by atoms with Crippen LogP contribution in [0.5, 0.6) is 0 Å². The van der Waals surface area contributed by atoms with Gasteiger partial charge in [-0.1, -0.05) is 0 Å². The Bertz CT molecular complexity index is 107. The Kier molecular flexibility index (Phi) is 49.0. The molecule has 0 saturated carbocycles. The van der Waals surface area contributed by atoms with Gasteiger partial charge in [0.2, 0.25) is 0 Å². The molecular weight excluding hydrogens is 192 g/mol. The highest BCUT2D eigenvalue weighted by atomic mass is 16.4. The summed E-state index contributed by atoms with van der Waals surface area (Å²) in [6.45, 7) is 5.36. The van der Waals surface area contributed by atoms with Gasteiger partial charge in [0, 0.05) is 26.9 Å². The number of nitrogens with two attached hydrogens (primary N) is 2. The Morgan fingerprint density at radius 3 is 1.07 bits per heavy atom. The second-order valence-electron chi connectivity index (χ2n) is 1.62. The Hall–Kier alpha value is -1.47. The highest BCUT2D eigenvalue weighted by Crippen LogP contribution is 1.42. The lowest BCUT2D eigenvalue weighted by atomic mass is 10.7. The normalized spacial score (nSPS) is 6.00. The number of carboxylic acid groups (broad SMARTS) is 2. The molecule has 7 heteroatoms. The molecule has 0 aromatic rings. The largest absolute Gasteiger partial charge is 0.481 e. The standard InChI is InChI=1S/C2H8N2.2C2H4O2.CH2O/c3-1-2-4;2*1-2(3)4;1-2/h1-4H2;2*1H3,(H,3,4);1H2. The lowest BCUT2D eigenvalue weighted by Gasteiger charge is -1.72. The van der Waals surface area contributed by atoms with Gasteiger partial charge in [0.15, 0.2) is 0 Å². The number of hydrogen-bond acceptors (Lipinski definition) is 5. The highest BCUT2D eigenvalue weighted by molar-refractivity contribution is 5.63. The van der Waals surface area contributed by atoms with Gasteiger partial charge in [-0.25, -0.2) is 0 Å². The minimum Gasteiger partial charge on any atom is -0.481 e. The fraction of sp³-hybridized carbons (Fsp3) is 0.571. The van der Waals surface area contributed by atoms with Gasteiger partial charge in [0.05, 0.1) is 0 Å². The van der Waals surface area contributed by atoms with Crippen LogP contribution in [0.2, 0.25) is 0 Å². The number of hydrogen-bond donors (Lipinski definition) is 4. The number of carbonyl (C=O) groups is 3. The van der Waals surface area contributed by atoms with Crippen molar-refractivity contribution in [1.82, 2.24) is 0 Å². The zero-order valence-electron chi connectivity index (χ0n) is 8.40. The third-order valence-electron chi connectivity index (χ3n) is 0.167. The van der Waals surface area contributed by atoms with Crippen LogP contribution < -0.4 is 11.5 Å². The topological polar surface area (TPSA) is 144 Å². The van der Waals surface area contributed by atoms with E-state index >= 15 is 0 Å². The maximum Gasteiger partial charge on any atom is 0.300 e. The van der Waals surface area contributed by atoms with E-state index < -0.39 is 11.9 Å². The van der Waals surface area contributed by atoms with E-state index in [-0.39, 0.29) is 0 Å². The molecule has 0 amide bonds. The Morgan fingerprint density at radius 1 is 1.00 bits per heavy atom. The van der Waals surface area contributed by atoms with Gasteiger partial charge in [0.1, 0.15) is 6.79 Å². The van der Waals surface area contributed by atoms with Crippen molar-refractivity contribution in [2.24, 2.45) is 11.5 Å². The van der Waals surface area contributed by atoms with Crippen molar-refractivity contribution in [1.29, 1.82) is 0 Å². The lowest BCUT2D eigenvalue weighted by molar-refractivity contribution is -0.135. The molecule has 0 atom stereocenters. The van der Waals surface area contributed by atoms with Gasteiger partial charge in [0.25, 0.3) is 11.9 Å². The van der Waals surface area contributed by atoms with E-state index in [9.17, 15) is 0 Å². The smallest absolute Gasteiger partial charge is 0.300 e. The van der Waals surface area contributed by atoms with Crippen molar-refractivity contribution >= 4 is 18.7 Å². The fourth-order valence-corrected chi connectivity index (χ4v) is 0. The predicted molar refractivity (Wildman–Crippen MR) is 51.8 cm³/mol. The average molecular weight is 210 g/mol. The lowest BCUT2D eigenvalue weighted by Crippen LogP contribution is -2.11. The molecule has 0 unspecified atom stereocenters. The third kappa shape index (κ3) is 4330. The van der Waals surface area contributed by atoms with E-state index in [0.29, 0.717) is 13.1 Å². The second-order valence-corrected chi connectivity index (χ2v) is 1.62. The molecule has 0 aliphatic rings. The molecule has 14 heavy (non-hydrogen) atoms. The van der Waals surface area contributed by atoms with Crippen molar-refractivity contribution < 1.29 is 24.6 Å². The van der Waals surface area contributed by atoms with E-state index in [2.05, 4.69) is 0 Å². The molecule has 86 valence electrons. The molecule has 0 heterocycles. The van der Waals surface area contributed by atoms with Crippen molar-refractivity contribution in [2.45, 2.75) is 13.8 Å². The Labute approximate surface area is 82.7 Å². The molecule has 0 aliphatic heterocycles. The summed E-state index contributed by atoms with van der Waals surface area (Å²) in [5.74, 6) is -1.67. The van der Waals surface area contributed by atoms with E-state index in [1.165, 1.54) is 0 Å². The molecule has 0 rings (SSSR count). The summed E-state index contributed by atoms with van der Waals surface area (Å²) in [5.41, 5.74) is 9.81. The maximum absolute atomic E-state index is 9.00. The van der Waals surface area contributed by atoms with E-state index in [1.54, 1.807) is 0 Å². The molecule has 0 radical (unpaired) electrons. The summed E-state index contributed by atoms with van der Waals surface area (Å²) >= 11 is 0. The molecule has 0 bridgehead atoms. The van der Waals surface area contributed by atoms with Crippen LogP contribution >= 0.6 is 0 Å². The molecule has 0 fully saturated rings. The molecule has 0 aromatic carbocycles. The van der Waals surface area contributed by atoms with Crippen LogP contribution in [0.15, 0.2) is 0 Å². The monoisotopic (exact) mass is 210 g/mol. The predicted octanol–water partition coefficient (Wildman–Crippen LogP) is -1.10. The Balaban J connectivity index is -0.0000000492. The summed E-state index contributed by atoms with van der Waals surface area (Å²) in [6, 6.07) is 0. The SMILES string of the molecule is C=O.CC(=O)O.CC(=O)O.NCCN. The minimum absolute atomic E-state index is 0.597. The van der Waals surface area contributed by atoms with Gasteiger partial charge >= 0.3 is 0 Å². The highest BCUT2D eigenvalue weighted by Gasteiger charge is 1.65. The van der Waals surface area contributed by atoms with Crippen molar-refractivity contribution in [3.8, 4) is 0 Å². The quantitative estimate of drug-likeness (QED) is 0.430. The summed E-state index contributed by atoms with van der Waals surface area (Å²) in [6.07, 6.45) is 0. The molecule has 6 N–H and O–H groups in total. The summed E-state index contributed by atoms with van der Waals surface area (Å²) in [5, 5.41) is 14.8. The number of aliphatic carboxylic acids is 2. The van der Waals surface area contributed by atoms with Crippen LogP contribution in [0.25, 0.3) is 0 Å². The van der Waals surface area contributed by atoms with Gasteiger partial charge in [-0.15, -0.1) is 0 Å². The van der Waals surface area contributed by atoms with Crippen LogP contribution in [0.3, 0.4) is 0 Å². The van der Waals surface area contributed by atoms with Crippen molar-refractivity contribution in [3.05, 3.63) is 0 Å². The van der Waals surface area contributed by atoms with Crippen molar-refractivity contribution in [3.63, 3.8) is 0 Å². The van der Waals surface area contributed by atoms with Crippen LogP contribution in [0, 0.1) is 0 Å². The molecule has 0 spiro atoms. The third-order valence-corrected chi connectivity index (χ3v) is 0.167. The van der Waals surface area contributed by atoms with Crippen LogP contribution in [0.1, 0.15) is 13.8 Å². The summed E-state index contributed by atoms with van der Waals surface area (Å²) < 4.78 is 0. The van der Waals surface area contributed by atoms with Crippen molar-refractivity contribution in [2.75, 3.05) is 13.1 Å². The first-order valence-corrected chi connectivity index (χ1v) is 3.46. The molecule has 0 aromatic heterocycles. The zero-order chi connectivity index (χ0) is 12.6. The molecule has 0 aliphatic carbocycles. The first kappa shape index (κ1) is 22.9. The Morgan fingerprint density at radius 2 is 1.07 bits per heavy atom. The van der Waals surface area contributed by atoms with E-state index in [4.69, 9.17) is 36.1 Å². The van der Waals surface area contributed by atoms with Gasteiger partial charge < -0.3 is 26.5 Å². The maximum atomic E-state index is 9.00. The van der Waals surface area contributed by atoms with Crippen LogP contribution in [-0.2, 0) is 14.4 Å². The van der Waals surface area contributed by atoms with Gasteiger partial charge in [-0.3, -0.25) is 9.59 Å². The average Bonchev–Trinajstić information content (AvgIpc) is 2.05. The van der Waals surface area contributed by atoms with Gasteiger partial charge in [-0.05, 0) is 0 Å². The first-order chi connectivity index (χ1) is 6.38.